The smallest absolute Gasteiger partial charge is 0.303 e. The quantitative estimate of drug-likeness (QED) is 0.564. The van der Waals surface area contributed by atoms with Gasteiger partial charge in [0, 0.05) is 13.0 Å². The zero-order valence-electron chi connectivity index (χ0n) is 9.04. The van der Waals surface area contributed by atoms with Crippen LogP contribution in [0.5, 0.6) is 0 Å². The summed E-state index contributed by atoms with van der Waals surface area (Å²) in [4.78, 5) is 10.2. The Morgan fingerprint density at radius 3 is 2.43 bits per heavy atom. The molecule has 0 rings (SSSR count). The first kappa shape index (κ1) is 13.4. The SMILES string of the molecule is CCCC(CO)CCCCCC(=O)O. The van der Waals surface area contributed by atoms with Gasteiger partial charge in [0.1, 0.15) is 0 Å². The molecule has 0 aromatic rings. The molecule has 84 valence electrons. The fourth-order valence-electron chi connectivity index (χ4n) is 1.62. The maximum Gasteiger partial charge on any atom is 0.303 e. The summed E-state index contributed by atoms with van der Waals surface area (Å²) in [6, 6.07) is 0. The van der Waals surface area contributed by atoms with Gasteiger partial charge in [-0.05, 0) is 25.2 Å². The van der Waals surface area contributed by atoms with Crippen molar-refractivity contribution in [3.63, 3.8) is 0 Å². The van der Waals surface area contributed by atoms with Crippen LogP contribution in [-0.4, -0.2) is 22.8 Å². The third kappa shape index (κ3) is 8.05. The minimum Gasteiger partial charge on any atom is -0.481 e. The van der Waals surface area contributed by atoms with Crippen molar-refractivity contribution < 1.29 is 15.0 Å². The van der Waals surface area contributed by atoms with Crippen LogP contribution < -0.4 is 0 Å². The fraction of sp³-hybridized carbons (Fsp3) is 0.909. The molecule has 0 fully saturated rings. The molecule has 2 N–H and O–H groups in total. The maximum atomic E-state index is 10.2. The van der Waals surface area contributed by atoms with E-state index >= 15 is 0 Å². The van der Waals surface area contributed by atoms with E-state index in [-0.39, 0.29) is 13.0 Å². The molecule has 0 saturated carbocycles. The maximum absolute atomic E-state index is 10.2. The van der Waals surface area contributed by atoms with Crippen LogP contribution in [0, 0.1) is 5.92 Å². The van der Waals surface area contributed by atoms with Crippen molar-refractivity contribution >= 4 is 5.97 Å². The predicted molar refractivity (Wildman–Crippen MR) is 56.2 cm³/mol. The molecule has 1 unspecified atom stereocenters. The number of hydrogen-bond acceptors (Lipinski definition) is 2. The molecule has 0 aromatic carbocycles. The molecule has 0 aliphatic heterocycles. The molecule has 0 amide bonds. The first-order valence-corrected chi connectivity index (χ1v) is 5.53. The van der Waals surface area contributed by atoms with Crippen LogP contribution in [0.25, 0.3) is 0 Å². The van der Waals surface area contributed by atoms with Crippen LogP contribution in [0.1, 0.15) is 51.9 Å². The van der Waals surface area contributed by atoms with E-state index < -0.39 is 5.97 Å². The number of unbranched alkanes of at least 4 members (excludes halogenated alkanes) is 2. The molecular formula is C11H22O3. The van der Waals surface area contributed by atoms with Crippen LogP contribution >= 0.6 is 0 Å². The van der Waals surface area contributed by atoms with E-state index in [4.69, 9.17) is 10.2 Å². The molecule has 3 heteroatoms. The van der Waals surface area contributed by atoms with Crippen LogP contribution in [0.2, 0.25) is 0 Å². The molecule has 0 radical (unpaired) electrons. The van der Waals surface area contributed by atoms with Gasteiger partial charge < -0.3 is 10.2 Å². The molecule has 0 spiro atoms. The summed E-state index contributed by atoms with van der Waals surface area (Å²) in [6.07, 6.45) is 6.27. The van der Waals surface area contributed by atoms with Crippen LogP contribution in [0.4, 0.5) is 0 Å². The number of rotatable bonds is 9. The molecule has 0 aliphatic carbocycles. The van der Waals surface area contributed by atoms with Crippen LogP contribution in [-0.2, 0) is 4.79 Å². The summed E-state index contributed by atoms with van der Waals surface area (Å²) in [5.74, 6) is -0.290. The predicted octanol–water partition coefficient (Wildman–Crippen LogP) is 2.43. The third-order valence-electron chi connectivity index (χ3n) is 2.46. The summed E-state index contributed by atoms with van der Waals surface area (Å²) >= 11 is 0. The number of carboxylic acid groups (broad SMARTS) is 1. The number of carboxylic acids is 1. The summed E-state index contributed by atoms with van der Waals surface area (Å²) in [7, 11) is 0. The molecule has 0 aromatic heterocycles. The largest absolute Gasteiger partial charge is 0.481 e. The second-order valence-electron chi connectivity index (χ2n) is 3.83. The highest BCUT2D eigenvalue weighted by atomic mass is 16.4. The topological polar surface area (TPSA) is 57.5 Å². The zero-order chi connectivity index (χ0) is 10.8. The monoisotopic (exact) mass is 202 g/mol. The molecule has 0 heterocycles. The number of aliphatic hydroxyl groups excluding tert-OH is 1. The normalized spacial score (nSPS) is 12.7. The summed E-state index contributed by atoms with van der Waals surface area (Å²) in [5.41, 5.74) is 0. The van der Waals surface area contributed by atoms with Crippen LogP contribution in [0.15, 0.2) is 0 Å². The van der Waals surface area contributed by atoms with E-state index in [2.05, 4.69) is 6.92 Å². The van der Waals surface area contributed by atoms with Crippen molar-refractivity contribution in [2.75, 3.05) is 6.61 Å². The second kappa shape index (κ2) is 9.00. The van der Waals surface area contributed by atoms with Gasteiger partial charge in [0.05, 0.1) is 0 Å². The van der Waals surface area contributed by atoms with Crippen molar-refractivity contribution in [1.82, 2.24) is 0 Å². The van der Waals surface area contributed by atoms with E-state index in [1.54, 1.807) is 0 Å². The summed E-state index contributed by atoms with van der Waals surface area (Å²) in [5, 5.41) is 17.4. The Balaban J connectivity index is 3.28. The highest BCUT2D eigenvalue weighted by molar-refractivity contribution is 5.66. The van der Waals surface area contributed by atoms with Gasteiger partial charge in [0.15, 0.2) is 0 Å². The first-order valence-electron chi connectivity index (χ1n) is 5.53. The Bertz CT molecular complexity index is 145. The molecule has 0 bridgehead atoms. The Labute approximate surface area is 86.1 Å². The van der Waals surface area contributed by atoms with Gasteiger partial charge in [-0.1, -0.05) is 26.2 Å². The van der Waals surface area contributed by atoms with Crippen molar-refractivity contribution in [3.8, 4) is 0 Å². The Morgan fingerprint density at radius 2 is 1.93 bits per heavy atom. The first-order chi connectivity index (χ1) is 6.70. The summed E-state index contributed by atoms with van der Waals surface area (Å²) in [6.45, 7) is 2.39. The van der Waals surface area contributed by atoms with Gasteiger partial charge in [0.25, 0.3) is 0 Å². The van der Waals surface area contributed by atoms with E-state index in [1.807, 2.05) is 0 Å². The third-order valence-corrected chi connectivity index (χ3v) is 2.46. The average Bonchev–Trinajstić information content (AvgIpc) is 2.15. The summed E-state index contributed by atoms with van der Waals surface area (Å²) < 4.78 is 0. The van der Waals surface area contributed by atoms with E-state index in [0.29, 0.717) is 5.92 Å². The zero-order valence-corrected chi connectivity index (χ0v) is 9.04. The molecule has 14 heavy (non-hydrogen) atoms. The highest BCUT2D eigenvalue weighted by Gasteiger charge is 2.05. The highest BCUT2D eigenvalue weighted by Crippen LogP contribution is 2.15. The van der Waals surface area contributed by atoms with Gasteiger partial charge >= 0.3 is 5.97 Å². The number of aliphatic carboxylic acids is 1. The number of carbonyl (C=O) groups is 1. The molecule has 3 nitrogen and oxygen atoms in total. The number of hydrogen-bond donors (Lipinski definition) is 2. The van der Waals surface area contributed by atoms with Crippen molar-refractivity contribution in [3.05, 3.63) is 0 Å². The van der Waals surface area contributed by atoms with E-state index in [0.717, 1.165) is 38.5 Å². The number of aliphatic hydroxyl groups is 1. The van der Waals surface area contributed by atoms with Gasteiger partial charge in [-0.25, -0.2) is 0 Å². The fourth-order valence-corrected chi connectivity index (χ4v) is 1.62. The lowest BCUT2D eigenvalue weighted by molar-refractivity contribution is -0.137. The van der Waals surface area contributed by atoms with E-state index in [1.165, 1.54) is 0 Å². The lowest BCUT2D eigenvalue weighted by Gasteiger charge is -2.11. The van der Waals surface area contributed by atoms with Gasteiger partial charge in [-0.2, -0.15) is 0 Å². The Kier molecular flexibility index (Phi) is 8.64. The lowest BCUT2D eigenvalue weighted by Crippen LogP contribution is -2.05. The minimum atomic E-state index is -0.711. The van der Waals surface area contributed by atoms with E-state index in [9.17, 15) is 4.79 Å². The minimum absolute atomic E-state index is 0.271. The lowest BCUT2D eigenvalue weighted by atomic mass is 9.97. The van der Waals surface area contributed by atoms with Gasteiger partial charge in [-0.3, -0.25) is 4.79 Å². The van der Waals surface area contributed by atoms with Gasteiger partial charge in [-0.15, -0.1) is 0 Å². The Morgan fingerprint density at radius 1 is 1.21 bits per heavy atom. The average molecular weight is 202 g/mol. The van der Waals surface area contributed by atoms with Crippen molar-refractivity contribution in [2.45, 2.75) is 51.9 Å². The molecule has 1 atom stereocenters. The Hall–Kier alpha value is -0.570. The second-order valence-corrected chi connectivity index (χ2v) is 3.83. The van der Waals surface area contributed by atoms with Crippen molar-refractivity contribution in [1.29, 1.82) is 0 Å². The molecular weight excluding hydrogens is 180 g/mol. The van der Waals surface area contributed by atoms with Gasteiger partial charge in [0.2, 0.25) is 0 Å². The standard InChI is InChI=1S/C11H22O3/c1-2-6-10(9-12)7-4-3-5-8-11(13)14/h10,12H,2-9H2,1H3,(H,13,14). The molecule has 0 saturated heterocycles. The van der Waals surface area contributed by atoms with Crippen molar-refractivity contribution in [2.24, 2.45) is 5.92 Å². The molecule has 0 aliphatic rings. The van der Waals surface area contributed by atoms with Crippen LogP contribution in [0.3, 0.4) is 0 Å².